The van der Waals surface area contributed by atoms with Gasteiger partial charge >= 0.3 is 0 Å². The maximum Gasteiger partial charge on any atom is 0.269 e. The Bertz CT molecular complexity index is 677. The van der Waals surface area contributed by atoms with E-state index in [0.29, 0.717) is 13.1 Å². The highest BCUT2D eigenvalue weighted by molar-refractivity contribution is 7.89. The van der Waals surface area contributed by atoms with Crippen molar-refractivity contribution in [1.82, 2.24) is 14.5 Å². The van der Waals surface area contributed by atoms with Crippen LogP contribution in [0.4, 0.5) is 5.69 Å². The highest BCUT2D eigenvalue weighted by Gasteiger charge is 2.35. The smallest absolute Gasteiger partial charge is 0.269 e. The van der Waals surface area contributed by atoms with Crippen molar-refractivity contribution < 1.29 is 13.3 Å². The molecule has 0 aliphatic carbocycles. The molecule has 2 fully saturated rings. The largest absolute Gasteiger partial charge is 0.314 e. The summed E-state index contributed by atoms with van der Waals surface area (Å²) in [5, 5.41) is 14.0. The number of nitrogens with zero attached hydrogens (tertiary/aromatic N) is 3. The minimum Gasteiger partial charge on any atom is -0.314 e. The third-order valence-electron chi connectivity index (χ3n) is 4.48. The summed E-state index contributed by atoms with van der Waals surface area (Å²) in [5.41, 5.74) is -0.107. The Labute approximate surface area is 147 Å². The summed E-state index contributed by atoms with van der Waals surface area (Å²) in [6, 6.07) is 5.34. The molecule has 1 N–H and O–H groups in total. The average molecular weight is 377 g/mol. The molecule has 1 aromatic rings. The number of nitro groups is 1. The van der Waals surface area contributed by atoms with E-state index in [9.17, 15) is 18.5 Å². The van der Waals surface area contributed by atoms with E-state index in [4.69, 9.17) is 0 Å². The fourth-order valence-corrected chi connectivity index (χ4v) is 4.66. The first-order valence-electron chi connectivity index (χ1n) is 7.68. The van der Waals surface area contributed by atoms with Crippen molar-refractivity contribution in [2.75, 3.05) is 39.3 Å². The van der Waals surface area contributed by atoms with Crippen molar-refractivity contribution in [3.05, 3.63) is 34.4 Å². The summed E-state index contributed by atoms with van der Waals surface area (Å²) < 4.78 is 26.8. The quantitative estimate of drug-likeness (QED) is 0.613. The molecule has 0 radical (unpaired) electrons. The zero-order valence-corrected chi connectivity index (χ0v) is 14.8. The summed E-state index contributed by atoms with van der Waals surface area (Å²) in [5.74, 6) is 0. The maximum atomic E-state index is 12.7. The second-order valence-corrected chi connectivity index (χ2v) is 7.78. The van der Waals surface area contributed by atoms with Gasteiger partial charge in [-0.3, -0.25) is 15.0 Å². The molecule has 134 valence electrons. The Hall–Kier alpha value is -1.26. The van der Waals surface area contributed by atoms with Crippen LogP contribution in [0.25, 0.3) is 0 Å². The molecular weight excluding hydrogens is 356 g/mol. The van der Waals surface area contributed by atoms with Crippen LogP contribution >= 0.6 is 12.4 Å². The van der Waals surface area contributed by atoms with E-state index in [1.54, 1.807) is 0 Å². The Balaban J connectivity index is 0.00000208. The van der Waals surface area contributed by atoms with Crippen LogP contribution in [0, 0.1) is 10.1 Å². The minimum absolute atomic E-state index is 0. The van der Waals surface area contributed by atoms with E-state index in [1.807, 2.05) is 0 Å². The summed E-state index contributed by atoms with van der Waals surface area (Å²) in [4.78, 5) is 12.6. The van der Waals surface area contributed by atoms with Gasteiger partial charge in [-0.2, -0.15) is 4.31 Å². The average Bonchev–Trinajstić information content (AvgIpc) is 3.06. The number of non-ortho nitro benzene ring substituents is 1. The molecule has 0 bridgehead atoms. The fraction of sp³-hybridized carbons (Fsp3) is 0.571. The zero-order valence-electron chi connectivity index (χ0n) is 13.1. The maximum absolute atomic E-state index is 12.7. The number of sulfonamides is 1. The molecule has 2 heterocycles. The van der Waals surface area contributed by atoms with Crippen LogP contribution in [0.2, 0.25) is 0 Å². The monoisotopic (exact) mass is 376 g/mol. The summed E-state index contributed by atoms with van der Waals surface area (Å²) in [7, 11) is -3.58. The van der Waals surface area contributed by atoms with Gasteiger partial charge in [0.2, 0.25) is 10.0 Å². The lowest BCUT2D eigenvalue weighted by Crippen LogP contribution is -2.49. The van der Waals surface area contributed by atoms with Gasteiger partial charge in [-0.05, 0) is 18.6 Å². The topological polar surface area (TPSA) is 95.8 Å². The minimum atomic E-state index is -3.58. The van der Waals surface area contributed by atoms with Crippen molar-refractivity contribution in [2.45, 2.75) is 17.4 Å². The molecule has 10 heteroatoms. The van der Waals surface area contributed by atoms with Gasteiger partial charge in [0.05, 0.1) is 9.82 Å². The molecule has 0 spiro atoms. The number of rotatable bonds is 4. The van der Waals surface area contributed by atoms with E-state index >= 15 is 0 Å². The van der Waals surface area contributed by atoms with Gasteiger partial charge in [0, 0.05) is 57.4 Å². The molecular formula is C14H21ClN4O4S. The molecule has 2 saturated heterocycles. The van der Waals surface area contributed by atoms with Gasteiger partial charge in [0.15, 0.2) is 0 Å². The Morgan fingerprint density at radius 1 is 1.12 bits per heavy atom. The van der Waals surface area contributed by atoms with Crippen molar-refractivity contribution in [1.29, 1.82) is 0 Å². The molecule has 0 amide bonds. The number of nitro benzene ring substituents is 1. The van der Waals surface area contributed by atoms with E-state index in [1.165, 1.54) is 28.6 Å². The first-order valence-corrected chi connectivity index (χ1v) is 9.12. The number of hydrogen-bond acceptors (Lipinski definition) is 6. The molecule has 2 aliphatic rings. The van der Waals surface area contributed by atoms with Gasteiger partial charge in [0.1, 0.15) is 0 Å². The predicted octanol–water partition coefficient (Wildman–Crippen LogP) is 0.685. The summed E-state index contributed by atoms with van der Waals surface area (Å²) in [6.07, 6.45) is 0.826. The Kier molecular flexibility index (Phi) is 6.16. The normalized spacial score (nSPS) is 22.9. The van der Waals surface area contributed by atoms with Crippen LogP contribution in [0.15, 0.2) is 29.2 Å². The van der Waals surface area contributed by atoms with Crippen LogP contribution in [-0.4, -0.2) is 67.9 Å². The third-order valence-corrected chi connectivity index (χ3v) is 6.36. The van der Waals surface area contributed by atoms with E-state index in [-0.39, 0.29) is 29.0 Å². The lowest BCUT2D eigenvalue weighted by atomic mass is 10.2. The van der Waals surface area contributed by atoms with Crippen molar-refractivity contribution in [2.24, 2.45) is 0 Å². The van der Waals surface area contributed by atoms with Gasteiger partial charge in [-0.15, -0.1) is 12.4 Å². The van der Waals surface area contributed by atoms with Crippen LogP contribution < -0.4 is 5.32 Å². The molecule has 0 saturated carbocycles. The molecule has 2 aliphatic heterocycles. The number of halogens is 1. The Morgan fingerprint density at radius 3 is 2.33 bits per heavy atom. The van der Waals surface area contributed by atoms with E-state index < -0.39 is 14.9 Å². The van der Waals surface area contributed by atoms with Crippen molar-refractivity contribution in [3.63, 3.8) is 0 Å². The first kappa shape index (κ1) is 19.1. The number of benzene rings is 1. The van der Waals surface area contributed by atoms with Gasteiger partial charge < -0.3 is 5.32 Å². The molecule has 3 rings (SSSR count). The van der Waals surface area contributed by atoms with Gasteiger partial charge in [0.25, 0.3) is 5.69 Å². The molecule has 1 atom stereocenters. The molecule has 24 heavy (non-hydrogen) atoms. The van der Waals surface area contributed by atoms with Crippen molar-refractivity contribution >= 4 is 28.1 Å². The Morgan fingerprint density at radius 2 is 1.75 bits per heavy atom. The highest BCUT2D eigenvalue weighted by atomic mass is 35.5. The van der Waals surface area contributed by atoms with Crippen molar-refractivity contribution in [3.8, 4) is 0 Å². The molecule has 8 nitrogen and oxygen atoms in total. The second-order valence-electron chi connectivity index (χ2n) is 5.84. The van der Waals surface area contributed by atoms with Gasteiger partial charge in [-0.1, -0.05) is 0 Å². The lowest BCUT2D eigenvalue weighted by molar-refractivity contribution is -0.384. The highest BCUT2D eigenvalue weighted by Crippen LogP contribution is 2.25. The van der Waals surface area contributed by atoms with Crippen LogP contribution in [0.5, 0.6) is 0 Å². The number of piperazine rings is 1. The van der Waals surface area contributed by atoms with Crippen LogP contribution in [-0.2, 0) is 10.0 Å². The number of hydrogen-bond donors (Lipinski definition) is 1. The van der Waals surface area contributed by atoms with E-state index in [2.05, 4.69) is 10.2 Å². The zero-order chi connectivity index (χ0) is 16.4. The second kappa shape index (κ2) is 7.75. The first-order chi connectivity index (χ1) is 11.0. The third kappa shape index (κ3) is 3.86. The fourth-order valence-electron chi connectivity index (χ4n) is 3.16. The van der Waals surface area contributed by atoms with E-state index in [0.717, 1.165) is 32.6 Å². The molecule has 1 unspecified atom stereocenters. The summed E-state index contributed by atoms with van der Waals surface area (Å²) >= 11 is 0. The van der Waals surface area contributed by atoms with Crippen LogP contribution in [0.3, 0.4) is 0 Å². The number of nitrogens with one attached hydrogen (secondary N) is 1. The van der Waals surface area contributed by atoms with Gasteiger partial charge in [-0.25, -0.2) is 8.42 Å². The SMILES string of the molecule is Cl.O=[N+]([O-])c1ccc(S(=O)(=O)N2CCC(N3CCNCC3)C2)cc1. The summed E-state index contributed by atoms with van der Waals surface area (Å²) in [6.45, 7) is 4.73. The molecule has 1 aromatic carbocycles. The predicted molar refractivity (Wildman–Crippen MR) is 92.0 cm³/mol. The molecule has 0 aromatic heterocycles. The van der Waals surface area contributed by atoms with Crippen LogP contribution in [0.1, 0.15) is 6.42 Å². The standard InChI is InChI=1S/C14H20N4O4S.ClH/c19-18(20)12-1-3-14(4-2-12)23(21,22)17-8-5-13(11-17)16-9-6-15-7-10-16;/h1-4,13,15H,5-11H2;1H. The lowest BCUT2D eigenvalue weighted by Gasteiger charge is -2.32.